The number of aryl methyl sites for hydroxylation is 2. The van der Waals surface area contributed by atoms with Gasteiger partial charge in [0.1, 0.15) is 5.75 Å². The number of hydrogen-bond acceptors (Lipinski definition) is 3. The van der Waals surface area contributed by atoms with Gasteiger partial charge in [-0.05, 0) is 49.7 Å². The van der Waals surface area contributed by atoms with Crippen LogP contribution in [0.4, 0.5) is 0 Å². The fraction of sp³-hybridized carbons (Fsp3) is 0.312. The Bertz CT molecular complexity index is 599. The molecular weight excluding hydrogens is 316 g/mol. The molecule has 20 heavy (non-hydrogen) atoms. The normalized spacial score (nSPS) is 10.6. The van der Waals surface area contributed by atoms with E-state index in [1.165, 1.54) is 5.56 Å². The molecule has 1 aromatic carbocycles. The Kier molecular flexibility index (Phi) is 5.15. The van der Waals surface area contributed by atoms with Crippen LogP contribution in [-0.4, -0.2) is 12.0 Å². The van der Waals surface area contributed by atoms with Gasteiger partial charge >= 0.3 is 0 Å². The Balaban J connectivity index is 2.32. The zero-order chi connectivity index (χ0) is 14.5. The Labute approximate surface area is 128 Å². The third-order valence-corrected chi connectivity index (χ3v) is 3.52. The van der Waals surface area contributed by atoms with Crippen molar-refractivity contribution in [3.05, 3.63) is 51.6 Å². The molecule has 0 saturated carbocycles. The first-order valence-electron chi connectivity index (χ1n) is 6.70. The highest BCUT2D eigenvalue weighted by atomic mass is 79.9. The SMILES string of the molecule is CCc1cc(CNC)cc(Oc2cc(Br)ccc2C)n1. The minimum absolute atomic E-state index is 0.649. The molecule has 4 heteroatoms. The predicted molar refractivity (Wildman–Crippen MR) is 85.3 cm³/mol. The molecule has 0 amide bonds. The predicted octanol–water partition coefficient (Wildman–Crippen LogP) is 4.23. The molecule has 0 unspecified atom stereocenters. The summed E-state index contributed by atoms with van der Waals surface area (Å²) in [4.78, 5) is 4.53. The second-order valence-electron chi connectivity index (χ2n) is 4.70. The summed E-state index contributed by atoms with van der Waals surface area (Å²) >= 11 is 3.47. The maximum Gasteiger partial charge on any atom is 0.219 e. The van der Waals surface area contributed by atoms with Gasteiger partial charge in [0.15, 0.2) is 0 Å². The minimum atomic E-state index is 0.649. The fourth-order valence-corrected chi connectivity index (χ4v) is 2.30. The standard InChI is InChI=1S/C16H19BrN2O/c1-4-14-7-12(10-18-3)8-16(19-14)20-15-9-13(17)6-5-11(15)2/h5-9,18H,4,10H2,1-3H3. The van der Waals surface area contributed by atoms with Crippen LogP contribution in [0.1, 0.15) is 23.7 Å². The van der Waals surface area contributed by atoms with Gasteiger partial charge in [0.05, 0.1) is 0 Å². The molecule has 0 aliphatic heterocycles. The molecule has 3 nitrogen and oxygen atoms in total. The first-order valence-corrected chi connectivity index (χ1v) is 7.50. The second kappa shape index (κ2) is 6.86. The number of halogens is 1. The van der Waals surface area contributed by atoms with Crippen LogP contribution in [0.2, 0.25) is 0 Å². The van der Waals surface area contributed by atoms with Gasteiger partial charge in [-0.2, -0.15) is 0 Å². The first kappa shape index (κ1) is 15.0. The van der Waals surface area contributed by atoms with Crippen molar-refractivity contribution < 1.29 is 4.74 Å². The molecule has 0 aliphatic rings. The highest BCUT2D eigenvalue weighted by Crippen LogP contribution is 2.28. The summed E-state index contributed by atoms with van der Waals surface area (Å²) in [5.41, 5.74) is 3.31. The first-order chi connectivity index (χ1) is 9.62. The van der Waals surface area contributed by atoms with E-state index in [1.807, 2.05) is 38.2 Å². The van der Waals surface area contributed by atoms with Crippen molar-refractivity contribution in [3.8, 4) is 11.6 Å². The largest absolute Gasteiger partial charge is 0.439 e. The van der Waals surface area contributed by atoms with Gasteiger partial charge in [-0.1, -0.05) is 28.9 Å². The Morgan fingerprint density at radius 3 is 2.75 bits per heavy atom. The van der Waals surface area contributed by atoms with Crippen molar-refractivity contribution in [2.45, 2.75) is 26.8 Å². The fourth-order valence-electron chi connectivity index (χ4n) is 1.96. The maximum atomic E-state index is 5.95. The van der Waals surface area contributed by atoms with E-state index in [0.29, 0.717) is 5.88 Å². The summed E-state index contributed by atoms with van der Waals surface area (Å²) < 4.78 is 6.95. The number of benzene rings is 1. The molecule has 1 aromatic heterocycles. The quantitative estimate of drug-likeness (QED) is 0.888. The van der Waals surface area contributed by atoms with Gasteiger partial charge in [-0.3, -0.25) is 0 Å². The Morgan fingerprint density at radius 1 is 1.25 bits per heavy atom. The van der Waals surface area contributed by atoms with E-state index >= 15 is 0 Å². The molecule has 1 heterocycles. The van der Waals surface area contributed by atoms with E-state index in [9.17, 15) is 0 Å². The van der Waals surface area contributed by atoms with Crippen LogP contribution in [0.15, 0.2) is 34.8 Å². The van der Waals surface area contributed by atoms with Crippen molar-refractivity contribution in [2.75, 3.05) is 7.05 Å². The highest BCUT2D eigenvalue weighted by molar-refractivity contribution is 9.10. The second-order valence-corrected chi connectivity index (χ2v) is 5.62. The number of ether oxygens (including phenoxy) is 1. The van der Waals surface area contributed by atoms with Crippen LogP contribution in [0.5, 0.6) is 11.6 Å². The molecule has 0 saturated heterocycles. The van der Waals surface area contributed by atoms with E-state index in [4.69, 9.17) is 4.74 Å². The summed E-state index contributed by atoms with van der Waals surface area (Å²) in [6, 6.07) is 10.1. The van der Waals surface area contributed by atoms with E-state index in [2.05, 4.69) is 39.2 Å². The van der Waals surface area contributed by atoms with Crippen LogP contribution >= 0.6 is 15.9 Å². The lowest BCUT2D eigenvalue weighted by molar-refractivity contribution is 0.456. The summed E-state index contributed by atoms with van der Waals surface area (Å²) in [6.07, 6.45) is 0.894. The minimum Gasteiger partial charge on any atom is -0.439 e. The van der Waals surface area contributed by atoms with E-state index in [1.54, 1.807) is 0 Å². The lowest BCUT2D eigenvalue weighted by atomic mass is 10.2. The summed E-state index contributed by atoms with van der Waals surface area (Å²) in [5.74, 6) is 1.48. The zero-order valence-electron chi connectivity index (χ0n) is 12.0. The highest BCUT2D eigenvalue weighted by Gasteiger charge is 2.06. The van der Waals surface area contributed by atoms with Crippen LogP contribution < -0.4 is 10.1 Å². The molecule has 0 fully saturated rings. The topological polar surface area (TPSA) is 34.1 Å². The van der Waals surface area contributed by atoms with E-state index in [0.717, 1.165) is 34.4 Å². The molecular formula is C16H19BrN2O. The van der Waals surface area contributed by atoms with Crippen LogP contribution in [0.3, 0.4) is 0 Å². The molecule has 106 valence electrons. The van der Waals surface area contributed by atoms with Gasteiger partial charge in [0, 0.05) is 22.8 Å². The summed E-state index contributed by atoms with van der Waals surface area (Å²) in [6.45, 7) is 4.93. The van der Waals surface area contributed by atoms with Gasteiger partial charge < -0.3 is 10.1 Å². The van der Waals surface area contributed by atoms with E-state index in [-0.39, 0.29) is 0 Å². The average molecular weight is 335 g/mol. The number of nitrogens with one attached hydrogen (secondary N) is 1. The molecule has 2 aromatic rings. The number of pyridine rings is 1. The number of hydrogen-bond donors (Lipinski definition) is 1. The van der Waals surface area contributed by atoms with Crippen molar-refractivity contribution in [1.29, 1.82) is 0 Å². The monoisotopic (exact) mass is 334 g/mol. The molecule has 2 rings (SSSR count). The van der Waals surface area contributed by atoms with Crippen LogP contribution in [0.25, 0.3) is 0 Å². The number of aromatic nitrogens is 1. The van der Waals surface area contributed by atoms with Crippen LogP contribution in [0, 0.1) is 6.92 Å². The van der Waals surface area contributed by atoms with E-state index < -0.39 is 0 Å². The van der Waals surface area contributed by atoms with Crippen molar-refractivity contribution in [1.82, 2.24) is 10.3 Å². The number of rotatable bonds is 5. The van der Waals surface area contributed by atoms with Gasteiger partial charge in [-0.25, -0.2) is 4.98 Å². The smallest absolute Gasteiger partial charge is 0.219 e. The van der Waals surface area contributed by atoms with Crippen molar-refractivity contribution >= 4 is 15.9 Å². The van der Waals surface area contributed by atoms with Crippen LogP contribution in [-0.2, 0) is 13.0 Å². The van der Waals surface area contributed by atoms with Gasteiger partial charge in [0.25, 0.3) is 0 Å². The van der Waals surface area contributed by atoms with Gasteiger partial charge in [0.2, 0.25) is 5.88 Å². The maximum absolute atomic E-state index is 5.95. The zero-order valence-corrected chi connectivity index (χ0v) is 13.6. The average Bonchev–Trinajstić information content (AvgIpc) is 2.43. The van der Waals surface area contributed by atoms with Crippen molar-refractivity contribution in [3.63, 3.8) is 0 Å². The van der Waals surface area contributed by atoms with Gasteiger partial charge in [-0.15, -0.1) is 0 Å². The molecule has 1 N–H and O–H groups in total. The third kappa shape index (κ3) is 3.81. The number of nitrogens with zero attached hydrogens (tertiary/aromatic N) is 1. The summed E-state index contributed by atoms with van der Waals surface area (Å²) in [7, 11) is 1.94. The summed E-state index contributed by atoms with van der Waals surface area (Å²) in [5, 5.41) is 3.16. The molecule has 0 atom stereocenters. The lowest BCUT2D eigenvalue weighted by Crippen LogP contribution is -2.06. The molecule has 0 radical (unpaired) electrons. The molecule has 0 aliphatic carbocycles. The lowest BCUT2D eigenvalue weighted by Gasteiger charge is -2.11. The molecule has 0 bridgehead atoms. The Hall–Kier alpha value is -1.39. The third-order valence-electron chi connectivity index (χ3n) is 3.02. The van der Waals surface area contributed by atoms with Crippen molar-refractivity contribution in [2.24, 2.45) is 0 Å². The Morgan fingerprint density at radius 2 is 2.05 bits per heavy atom. The molecule has 0 spiro atoms.